The zero-order valence-corrected chi connectivity index (χ0v) is 21.1. The molecule has 0 radical (unpaired) electrons. The van der Waals surface area contributed by atoms with Gasteiger partial charge in [0, 0.05) is 43.2 Å². The molecule has 186 valence electrons. The Labute approximate surface area is 208 Å². The van der Waals surface area contributed by atoms with Crippen LogP contribution in [0, 0.1) is 5.41 Å². The van der Waals surface area contributed by atoms with Gasteiger partial charge in [0.25, 0.3) is 0 Å². The summed E-state index contributed by atoms with van der Waals surface area (Å²) in [5.74, 6) is -0.0734. The minimum atomic E-state index is -0.708. The molecule has 0 spiro atoms. The third-order valence-electron chi connectivity index (χ3n) is 6.32. The van der Waals surface area contributed by atoms with Crippen molar-refractivity contribution in [2.24, 2.45) is 5.41 Å². The minimum Gasteiger partial charge on any atom is -0.390 e. The molecule has 6 nitrogen and oxygen atoms in total. The number of nitrogens with one attached hydrogen (secondary N) is 2. The number of carbonyl (C=O) groups is 1. The molecule has 3 rings (SSSR count). The normalized spacial score (nSPS) is 16.7. The Morgan fingerprint density at radius 3 is 2.44 bits per heavy atom. The number of amides is 1. The number of aliphatic hydroxyl groups is 1. The number of nitrogens with zero attached hydrogens (tertiary/aromatic N) is 1. The van der Waals surface area contributed by atoms with E-state index in [0.717, 1.165) is 50.5 Å². The van der Waals surface area contributed by atoms with E-state index in [1.54, 1.807) is 0 Å². The first-order valence-electron chi connectivity index (χ1n) is 12.1. The molecule has 0 aromatic heterocycles. The molecule has 0 saturated carbocycles. The Hall–Kier alpha value is -1.96. The van der Waals surface area contributed by atoms with Gasteiger partial charge in [0.15, 0.2) is 0 Å². The zero-order chi connectivity index (χ0) is 24.4. The molecule has 1 heterocycles. The molecule has 1 aliphatic heterocycles. The van der Waals surface area contributed by atoms with E-state index in [9.17, 15) is 9.90 Å². The fourth-order valence-electron chi connectivity index (χ4n) is 4.16. The van der Waals surface area contributed by atoms with Gasteiger partial charge in [-0.3, -0.25) is 9.69 Å². The van der Waals surface area contributed by atoms with E-state index in [-0.39, 0.29) is 5.91 Å². The predicted octanol–water partition coefficient (Wildman–Crippen LogP) is 2.92. The smallest absolute Gasteiger partial charge is 0.226 e. The maximum absolute atomic E-state index is 13.3. The van der Waals surface area contributed by atoms with E-state index >= 15 is 0 Å². The fraction of sp³-hybridized carbons (Fsp3) is 0.519. The molecular weight excluding hydrogens is 450 g/mol. The Morgan fingerprint density at radius 1 is 1.09 bits per heavy atom. The van der Waals surface area contributed by atoms with Crippen molar-refractivity contribution >= 4 is 17.5 Å². The van der Waals surface area contributed by atoms with Crippen LogP contribution >= 0.6 is 11.6 Å². The zero-order valence-electron chi connectivity index (χ0n) is 20.3. The van der Waals surface area contributed by atoms with Gasteiger partial charge in [-0.2, -0.15) is 0 Å². The Kier molecular flexibility index (Phi) is 10.4. The molecule has 1 amide bonds. The molecule has 1 saturated heterocycles. The van der Waals surface area contributed by atoms with Crippen LogP contribution in [0.25, 0.3) is 0 Å². The summed E-state index contributed by atoms with van der Waals surface area (Å²) in [6, 6.07) is 17.2. The topological polar surface area (TPSA) is 73.8 Å². The molecule has 2 atom stereocenters. The molecule has 2 aromatic rings. The van der Waals surface area contributed by atoms with Crippen LogP contribution in [-0.4, -0.2) is 74.0 Å². The quantitative estimate of drug-likeness (QED) is 0.401. The average molecular weight is 488 g/mol. The first-order valence-corrected chi connectivity index (χ1v) is 12.5. The minimum absolute atomic E-state index is 0.0734. The van der Waals surface area contributed by atoms with Crippen LogP contribution in [0.4, 0.5) is 0 Å². The van der Waals surface area contributed by atoms with Crippen LogP contribution in [0.15, 0.2) is 54.6 Å². The molecule has 2 aromatic carbocycles. The number of rotatable bonds is 12. The van der Waals surface area contributed by atoms with Gasteiger partial charge in [0.05, 0.1) is 25.4 Å². The predicted molar refractivity (Wildman–Crippen MR) is 137 cm³/mol. The Balaban J connectivity index is 1.58. The van der Waals surface area contributed by atoms with Crippen molar-refractivity contribution in [3.63, 3.8) is 0 Å². The first-order chi connectivity index (χ1) is 16.3. The molecule has 1 aliphatic rings. The Morgan fingerprint density at radius 2 is 1.76 bits per heavy atom. The van der Waals surface area contributed by atoms with Crippen molar-refractivity contribution in [3.8, 4) is 0 Å². The highest BCUT2D eigenvalue weighted by Crippen LogP contribution is 2.24. The number of aliphatic hydroxyl groups excluding tert-OH is 1. The highest BCUT2D eigenvalue weighted by Gasteiger charge is 2.31. The Bertz CT molecular complexity index is 870. The molecule has 0 bridgehead atoms. The maximum Gasteiger partial charge on any atom is 0.226 e. The van der Waals surface area contributed by atoms with Crippen molar-refractivity contribution in [1.82, 2.24) is 15.5 Å². The lowest BCUT2D eigenvalue weighted by atomic mass is 9.84. The van der Waals surface area contributed by atoms with Gasteiger partial charge in [-0.25, -0.2) is 0 Å². The first kappa shape index (κ1) is 26.6. The van der Waals surface area contributed by atoms with Crippen LogP contribution in [0.2, 0.25) is 5.02 Å². The number of halogens is 1. The van der Waals surface area contributed by atoms with E-state index in [4.69, 9.17) is 16.3 Å². The van der Waals surface area contributed by atoms with E-state index in [0.29, 0.717) is 24.4 Å². The fourth-order valence-corrected chi connectivity index (χ4v) is 4.29. The number of morpholine rings is 1. The second kappa shape index (κ2) is 13.2. The van der Waals surface area contributed by atoms with Crippen molar-refractivity contribution in [2.75, 3.05) is 45.9 Å². The number of benzene rings is 2. The third-order valence-corrected chi connectivity index (χ3v) is 6.57. The molecule has 7 heteroatoms. The van der Waals surface area contributed by atoms with Crippen LogP contribution in [0.5, 0.6) is 0 Å². The lowest BCUT2D eigenvalue weighted by molar-refractivity contribution is -0.131. The van der Waals surface area contributed by atoms with Crippen LogP contribution in [0.1, 0.15) is 25.0 Å². The van der Waals surface area contributed by atoms with Crippen LogP contribution < -0.4 is 10.6 Å². The van der Waals surface area contributed by atoms with Crippen molar-refractivity contribution < 1.29 is 14.6 Å². The monoisotopic (exact) mass is 487 g/mol. The molecule has 34 heavy (non-hydrogen) atoms. The second-order valence-corrected chi connectivity index (χ2v) is 10.1. The van der Waals surface area contributed by atoms with E-state index in [2.05, 4.69) is 15.5 Å². The maximum atomic E-state index is 13.3. The highest BCUT2D eigenvalue weighted by atomic mass is 35.5. The average Bonchev–Trinajstić information content (AvgIpc) is 2.84. The summed E-state index contributed by atoms with van der Waals surface area (Å²) in [7, 11) is 0. The summed E-state index contributed by atoms with van der Waals surface area (Å²) in [5, 5.41) is 18.2. The molecule has 0 unspecified atom stereocenters. The van der Waals surface area contributed by atoms with Gasteiger partial charge >= 0.3 is 0 Å². The largest absolute Gasteiger partial charge is 0.390 e. The van der Waals surface area contributed by atoms with E-state index in [1.807, 2.05) is 68.4 Å². The van der Waals surface area contributed by atoms with Crippen molar-refractivity contribution in [1.29, 1.82) is 0 Å². The third kappa shape index (κ3) is 8.67. The van der Waals surface area contributed by atoms with Gasteiger partial charge in [-0.15, -0.1) is 0 Å². The van der Waals surface area contributed by atoms with E-state index < -0.39 is 17.6 Å². The number of hydrogen-bond donors (Lipinski definition) is 3. The van der Waals surface area contributed by atoms with Crippen molar-refractivity contribution in [2.45, 2.75) is 38.8 Å². The van der Waals surface area contributed by atoms with Crippen LogP contribution in [-0.2, 0) is 22.4 Å². The second-order valence-electron chi connectivity index (χ2n) is 9.68. The van der Waals surface area contributed by atoms with Crippen molar-refractivity contribution in [3.05, 3.63) is 70.7 Å². The number of ether oxygens (including phenoxy) is 1. The summed E-state index contributed by atoms with van der Waals surface area (Å²) in [6.45, 7) is 9.43. The highest BCUT2D eigenvalue weighted by molar-refractivity contribution is 6.30. The molecule has 1 fully saturated rings. The van der Waals surface area contributed by atoms with Crippen LogP contribution in [0.3, 0.4) is 0 Å². The SMILES string of the molecule is CC(C)(Cc1ccc(Cl)cc1)C(=O)N[C@@H](Cc1ccccc1)[C@H](O)CNCCN1CCOCC1. The van der Waals surface area contributed by atoms with Gasteiger partial charge in [0.2, 0.25) is 5.91 Å². The number of hydrogen-bond acceptors (Lipinski definition) is 5. The summed E-state index contributed by atoms with van der Waals surface area (Å²) in [6.07, 6.45) is 0.442. The molecule has 3 N–H and O–H groups in total. The lowest BCUT2D eigenvalue weighted by Gasteiger charge is -2.31. The number of carbonyl (C=O) groups excluding carboxylic acids is 1. The summed E-state index contributed by atoms with van der Waals surface area (Å²) >= 11 is 6.00. The van der Waals surface area contributed by atoms with Gasteiger partial charge in [-0.1, -0.05) is 67.9 Å². The van der Waals surface area contributed by atoms with E-state index in [1.165, 1.54) is 0 Å². The van der Waals surface area contributed by atoms with Gasteiger partial charge in [0.1, 0.15) is 0 Å². The standard InChI is InChI=1S/C27H38ClN3O3/c1-27(2,19-22-8-10-23(28)11-9-22)26(33)30-24(18-21-6-4-3-5-7-21)25(32)20-29-12-13-31-14-16-34-17-15-31/h3-11,24-25,29,32H,12-20H2,1-2H3,(H,30,33)/t24-,25+/m0/s1. The lowest BCUT2D eigenvalue weighted by Crippen LogP contribution is -2.52. The van der Waals surface area contributed by atoms with Gasteiger partial charge < -0.3 is 20.5 Å². The molecule has 0 aliphatic carbocycles. The summed E-state index contributed by atoms with van der Waals surface area (Å²) < 4.78 is 5.39. The summed E-state index contributed by atoms with van der Waals surface area (Å²) in [4.78, 5) is 15.6. The van der Waals surface area contributed by atoms with Gasteiger partial charge in [-0.05, 0) is 36.1 Å². The summed E-state index contributed by atoms with van der Waals surface area (Å²) in [5.41, 5.74) is 1.50. The molecular formula is C27H38ClN3O3.